The average molecular weight is 478 g/mol. The van der Waals surface area contributed by atoms with Crippen molar-refractivity contribution in [1.82, 2.24) is 10.6 Å². The topological polar surface area (TPSA) is 111 Å². The molecule has 0 aliphatic rings. The van der Waals surface area contributed by atoms with Crippen molar-refractivity contribution >= 4 is 17.7 Å². The van der Waals surface area contributed by atoms with Crippen LogP contribution in [-0.4, -0.2) is 29.8 Å². The van der Waals surface area contributed by atoms with Crippen LogP contribution >= 0.6 is 0 Å². The monoisotopic (exact) mass is 477 g/mol. The molecule has 182 valence electrons. The van der Waals surface area contributed by atoms with Crippen molar-refractivity contribution in [2.75, 3.05) is 0 Å². The van der Waals surface area contributed by atoms with Crippen molar-refractivity contribution in [3.63, 3.8) is 0 Å². The summed E-state index contributed by atoms with van der Waals surface area (Å²) in [5.41, 5.74) is 8.01. The molecule has 0 aliphatic heterocycles. The molecule has 0 aromatic heterocycles. The van der Waals surface area contributed by atoms with E-state index in [1.807, 2.05) is 30.3 Å². The molecule has 0 saturated carbocycles. The summed E-state index contributed by atoms with van der Waals surface area (Å²) < 4.78 is 19.0. The van der Waals surface area contributed by atoms with Crippen LogP contribution in [0.5, 0.6) is 5.75 Å². The largest absolute Gasteiger partial charge is 0.489 e. The van der Waals surface area contributed by atoms with Crippen LogP contribution in [0.25, 0.3) is 0 Å². The number of amides is 3. The highest BCUT2D eigenvalue weighted by Gasteiger charge is 2.25. The number of carbonyl (C=O) groups excluding carboxylic acids is 3. The fourth-order valence-electron chi connectivity index (χ4n) is 3.50. The van der Waals surface area contributed by atoms with E-state index >= 15 is 0 Å². The zero-order valence-electron chi connectivity index (χ0n) is 19.4. The molecule has 0 heterocycles. The number of carbonyl (C=O) groups is 3. The van der Waals surface area contributed by atoms with Crippen LogP contribution in [0.4, 0.5) is 4.39 Å². The van der Waals surface area contributed by atoms with Crippen molar-refractivity contribution in [2.24, 2.45) is 5.73 Å². The Morgan fingerprint density at radius 3 is 1.94 bits per heavy atom. The first-order chi connectivity index (χ1) is 16.8. The predicted molar refractivity (Wildman–Crippen MR) is 130 cm³/mol. The molecule has 35 heavy (non-hydrogen) atoms. The van der Waals surface area contributed by atoms with Gasteiger partial charge < -0.3 is 21.1 Å². The second-order valence-electron chi connectivity index (χ2n) is 8.17. The number of hydrogen-bond donors (Lipinski definition) is 3. The molecule has 3 aromatic carbocycles. The number of rotatable bonds is 11. The Labute approximate surface area is 203 Å². The number of nitrogens with two attached hydrogens (primary N) is 1. The van der Waals surface area contributed by atoms with E-state index in [2.05, 4.69) is 10.6 Å². The van der Waals surface area contributed by atoms with Gasteiger partial charge in [0, 0.05) is 19.8 Å². The summed E-state index contributed by atoms with van der Waals surface area (Å²) in [5, 5.41) is 5.20. The van der Waals surface area contributed by atoms with Gasteiger partial charge in [-0.3, -0.25) is 14.4 Å². The first-order valence-corrected chi connectivity index (χ1v) is 11.2. The Balaban J connectivity index is 1.62. The predicted octanol–water partition coefficient (Wildman–Crippen LogP) is 2.66. The minimum absolute atomic E-state index is 0.130. The van der Waals surface area contributed by atoms with Gasteiger partial charge in [-0.05, 0) is 41.0 Å². The Kier molecular flexibility index (Phi) is 8.95. The third-order valence-corrected chi connectivity index (χ3v) is 5.32. The van der Waals surface area contributed by atoms with Crippen LogP contribution in [0.15, 0.2) is 78.9 Å². The lowest BCUT2D eigenvalue weighted by Crippen LogP contribution is -2.54. The molecule has 0 spiro atoms. The van der Waals surface area contributed by atoms with Crippen LogP contribution in [0, 0.1) is 5.82 Å². The zero-order chi connectivity index (χ0) is 25.2. The normalized spacial score (nSPS) is 12.3. The summed E-state index contributed by atoms with van der Waals surface area (Å²) in [7, 11) is 0. The first-order valence-electron chi connectivity index (χ1n) is 11.2. The van der Waals surface area contributed by atoms with E-state index in [9.17, 15) is 18.8 Å². The van der Waals surface area contributed by atoms with Crippen molar-refractivity contribution < 1.29 is 23.5 Å². The number of hydrogen-bond acceptors (Lipinski definition) is 4. The highest BCUT2D eigenvalue weighted by atomic mass is 19.1. The molecule has 3 aromatic rings. The van der Waals surface area contributed by atoms with E-state index in [0.29, 0.717) is 17.9 Å². The van der Waals surface area contributed by atoms with Gasteiger partial charge >= 0.3 is 0 Å². The van der Waals surface area contributed by atoms with E-state index in [-0.39, 0.29) is 12.8 Å². The maximum absolute atomic E-state index is 13.2. The highest BCUT2D eigenvalue weighted by Crippen LogP contribution is 2.16. The maximum Gasteiger partial charge on any atom is 0.243 e. The molecule has 2 atom stereocenters. The smallest absolute Gasteiger partial charge is 0.243 e. The fourth-order valence-corrected chi connectivity index (χ4v) is 3.50. The van der Waals surface area contributed by atoms with Gasteiger partial charge in [0.05, 0.1) is 0 Å². The third kappa shape index (κ3) is 8.26. The van der Waals surface area contributed by atoms with E-state index < -0.39 is 35.6 Å². The van der Waals surface area contributed by atoms with Crippen molar-refractivity contribution in [1.29, 1.82) is 0 Å². The molecule has 7 nitrogen and oxygen atoms in total. The van der Waals surface area contributed by atoms with E-state index in [4.69, 9.17) is 10.5 Å². The number of primary amides is 1. The van der Waals surface area contributed by atoms with Gasteiger partial charge in [-0.15, -0.1) is 0 Å². The lowest BCUT2D eigenvalue weighted by atomic mass is 10.0. The number of nitrogens with one attached hydrogen (secondary N) is 2. The Morgan fingerprint density at radius 1 is 0.800 bits per heavy atom. The van der Waals surface area contributed by atoms with Crippen molar-refractivity contribution in [2.45, 2.75) is 38.5 Å². The Hall–Kier alpha value is -4.20. The molecule has 0 fully saturated rings. The summed E-state index contributed by atoms with van der Waals surface area (Å²) in [5.74, 6) is -1.40. The summed E-state index contributed by atoms with van der Waals surface area (Å²) >= 11 is 0. The summed E-state index contributed by atoms with van der Waals surface area (Å²) in [6.07, 6.45) is 0.300. The summed E-state index contributed by atoms with van der Waals surface area (Å²) in [4.78, 5) is 36.6. The second-order valence-corrected chi connectivity index (χ2v) is 8.17. The number of benzene rings is 3. The molecule has 3 rings (SSSR count). The van der Waals surface area contributed by atoms with Crippen LogP contribution in [0.1, 0.15) is 23.6 Å². The molecular weight excluding hydrogens is 449 g/mol. The molecule has 8 heteroatoms. The quantitative estimate of drug-likeness (QED) is 0.394. The van der Waals surface area contributed by atoms with Gasteiger partial charge in [0.2, 0.25) is 17.7 Å². The highest BCUT2D eigenvalue weighted by molar-refractivity contribution is 5.91. The van der Waals surface area contributed by atoms with Crippen molar-refractivity contribution in [3.05, 3.63) is 101 Å². The third-order valence-electron chi connectivity index (χ3n) is 5.32. The summed E-state index contributed by atoms with van der Waals surface area (Å²) in [6.45, 7) is 1.72. The van der Waals surface area contributed by atoms with E-state index in [0.717, 1.165) is 11.1 Å². The minimum Gasteiger partial charge on any atom is -0.489 e. The molecule has 0 radical (unpaired) electrons. The SMILES string of the molecule is CC(=O)N[C@H](Cc1ccc(F)cc1)C(=O)N[C@@H](Cc1ccc(OCc2ccccc2)cc1)C(N)=O. The van der Waals surface area contributed by atoms with E-state index in [1.165, 1.54) is 31.2 Å². The first kappa shape index (κ1) is 25.4. The second kappa shape index (κ2) is 12.3. The minimum atomic E-state index is -0.983. The van der Waals surface area contributed by atoms with E-state index in [1.54, 1.807) is 24.3 Å². The lowest BCUT2D eigenvalue weighted by Gasteiger charge is -2.22. The fraction of sp³-hybridized carbons (Fsp3) is 0.222. The molecule has 4 N–H and O–H groups in total. The molecule has 0 bridgehead atoms. The number of ether oxygens (including phenoxy) is 1. The van der Waals surface area contributed by atoms with Crippen LogP contribution < -0.4 is 21.1 Å². The zero-order valence-corrected chi connectivity index (χ0v) is 19.4. The molecule has 0 saturated heterocycles. The Bertz CT molecular complexity index is 1140. The van der Waals surface area contributed by atoms with Gasteiger partial charge in [0.1, 0.15) is 30.3 Å². The van der Waals surface area contributed by atoms with Crippen LogP contribution in [0.2, 0.25) is 0 Å². The van der Waals surface area contributed by atoms with Gasteiger partial charge in [0.25, 0.3) is 0 Å². The molecular formula is C27H28FN3O4. The van der Waals surface area contributed by atoms with Crippen LogP contribution in [0.3, 0.4) is 0 Å². The lowest BCUT2D eigenvalue weighted by molar-refractivity contribution is -0.130. The number of halogens is 1. The van der Waals surface area contributed by atoms with Gasteiger partial charge in [0.15, 0.2) is 0 Å². The maximum atomic E-state index is 13.2. The van der Waals surface area contributed by atoms with Gasteiger partial charge in [-0.25, -0.2) is 4.39 Å². The molecule has 0 unspecified atom stereocenters. The summed E-state index contributed by atoms with van der Waals surface area (Å²) in [6, 6.07) is 20.6. The molecule has 0 aliphatic carbocycles. The van der Waals surface area contributed by atoms with Crippen LogP contribution in [-0.2, 0) is 33.8 Å². The standard InChI is InChI=1S/C27H28FN3O4/c1-18(32)30-25(16-19-7-11-22(28)12-8-19)27(34)31-24(26(29)33)15-20-9-13-23(14-10-20)35-17-21-5-3-2-4-6-21/h2-14,24-25H,15-17H2,1H3,(H2,29,33)(H,30,32)(H,31,34)/t24-,25+/m0/s1. The Morgan fingerprint density at radius 2 is 1.37 bits per heavy atom. The average Bonchev–Trinajstić information content (AvgIpc) is 2.84. The van der Waals surface area contributed by atoms with Gasteiger partial charge in [-0.2, -0.15) is 0 Å². The van der Waals surface area contributed by atoms with Crippen molar-refractivity contribution in [3.8, 4) is 5.75 Å². The molecule has 3 amide bonds. The van der Waals surface area contributed by atoms with Gasteiger partial charge in [-0.1, -0.05) is 54.6 Å².